The predicted octanol–water partition coefficient (Wildman–Crippen LogP) is 3.67. The van der Waals surface area contributed by atoms with Crippen molar-refractivity contribution in [2.45, 2.75) is 44.8 Å². The van der Waals surface area contributed by atoms with Crippen LogP contribution < -0.4 is 5.32 Å². The molecule has 0 aromatic heterocycles. The highest BCUT2D eigenvalue weighted by atomic mass is 19.3. The van der Waals surface area contributed by atoms with E-state index in [0.717, 1.165) is 31.6 Å². The van der Waals surface area contributed by atoms with Crippen LogP contribution in [0.25, 0.3) is 0 Å². The maximum atomic E-state index is 12.5. The summed E-state index contributed by atoms with van der Waals surface area (Å²) >= 11 is 0. The first-order chi connectivity index (χ1) is 9.25. The summed E-state index contributed by atoms with van der Waals surface area (Å²) in [5.41, 5.74) is 0.997. The molecule has 1 aromatic carbocycles. The summed E-state index contributed by atoms with van der Waals surface area (Å²) in [4.78, 5) is 0. The fourth-order valence-electron chi connectivity index (χ4n) is 2.37. The molecule has 0 amide bonds. The lowest BCUT2D eigenvalue weighted by Crippen LogP contribution is -2.25. The Morgan fingerprint density at radius 3 is 2.95 bits per heavy atom. The van der Waals surface area contributed by atoms with Crippen molar-refractivity contribution >= 4 is 0 Å². The third-order valence-electron chi connectivity index (χ3n) is 3.45. The number of benzene rings is 1. The van der Waals surface area contributed by atoms with Crippen LogP contribution in [0.5, 0.6) is 0 Å². The Labute approximate surface area is 113 Å². The van der Waals surface area contributed by atoms with Crippen LogP contribution in [0.2, 0.25) is 0 Å². The zero-order chi connectivity index (χ0) is 13.5. The Hall–Kier alpha value is -1.00. The van der Waals surface area contributed by atoms with Gasteiger partial charge < -0.3 is 10.1 Å². The number of halogens is 2. The van der Waals surface area contributed by atoms with Gasteiger partial charge in [-0.2, -0.15) is 0 Å². The number of alkyl halides is 2. The van der Waals surface area contributed by atoms with Crippen LogP contribution in [0.3, 0.4) is 0 Å². The maximum Gasteiger partial charge on any atom is 0.263 e. The fourth-order valence-corrected chi connectivity index (χ4v) is 2.37. The third-order valence-corrected chi connectivity index (χ3v) is 3.45. The normalized spacial score (nSPS) is 19.8. The van der Waals surface area contributed by atoms with E-state index in [0.29, 0.717) is 12.6 Å². The second-order valence-corrected chi connectivity index (χ2v) is 5.00. The first kappa shape index (κ1) is 14.4. The molecule has 1 N–H and O–H groups in total. The van der Waals surface area contributed by atoms with E-state index in [2.05, 4.69) is 5.32 Å². The summed E-state index contributed by atoms with van der Waals surface area (Å²) in [6.07, 6.45) is 2.53. The van der Waals surface area contributed by atoms with Gasteiger partial charge in [0.15, 0.2) is 0 Å². The van der Waals surface area contributed by atoms with E-state index in [1.165, 1.54) is 18.9 Å². The highest BCUT2D eigenvalue weighted by Crippen LogP contribution is 2.19. The average Bonchev–Trinajstić information content (AvgIpc) is 2.45. The van der Waals surface area contributed by atoms with Gasteiger partial charge in [-0.3, -0.25) is 0 Å². The number of nitrogens with one attached hydrogen (secondary N) is 1. The van der Waals surface area contributed by atoms with E-state index < -0.39 is 6.43 Å². The smallest absolute Gasteiger partial charge is 0.263 e. The summed E-state index contributed by atoms with van der Waals surface area (Å²) in [6, 6.07) is 6.58. The van der Waals surface area contributed by atoms with Gasteiger partial charge in [-0.1, -0.05) is 18.2 Å². The molecule has 0 saturated carbocycles. The Kier molecular flexibility index (Phi) is 5.73. The molecule has 19 heavy (non-hydrogen) atoms. The van der Waals surface area contributed by atoms with E-state index in [4.69, 9.17) is 4.74 Å². The molecule has 1 aliphatic rings. The maximum absolute atomic E-state index is 12.5. The van der Waals surface area contributed by atoms with Crippen molar-refractivity contribution < 1.29 is 13.5 Å². The zero-order valence-electron chi connectivity index (χ0n) is 11.1. The molecule has 1 unspecified atom stereocenters. The molecule has 1 atom stereocenters. The van der Waals surface area contributed by atoms with Crippen LogP contribution in [0.1, 0.15) is 43.2 Å². The molecular weight excluding hydrogens is 248 g/mol. The minimum absolute atomic E-state index is 0.0925. The highest BCUT2D eigenvalue weighted by Gasteiger charge is 2.12. The lowest BCUT2D eigenvalue weighted by molar-refractivity contribution is 0.0115. The van der Waals surface area contributed by atoms with Crippen molar-refractivity contribution in [2.75, 3.05) is 13.2 Å². The van der Waals surface area contributed by atoms with Crippen LogP contribution in [0.4, 0.5) is 8.78 Å². The Morgan fingerprint density at radius 1 is 1.32 bits per heavy atom. The Bertz CT molecular complexity index is 378. The summed E-state index contributed by atoms with van der Waals surface area (Å²) in [7, 11) is 0. The van der Waals surface area contributed by atoms with Crippen LogP contribution in [0, 0.1) is 0 Å². The topological polar surface area (TPSA) is 21.3 Å². The minimum atomic E-state index is -2.39. The Balaban J connectivity index is 1.68. The van der Waals surface area contributed by atoms with Gasteiger partial charge in [0, 0.05) is 18.7 Å². The van der Waals surface area contributed by atoms with Crippen LogP contribution in [-0.2, 0) is 11.3 Å². The molecule has 1 aromatic rings. The molecule has 0 radical (unpaired) electrons. The van der Waals surface area contributed by atoms with Crippen LogP contribution >= 0.6 is 0 Å². The van der Waals surface area contributed by atoms with E-state index in [9.17, 15) is 8.78 Å². The van der Waals surface area contributed by atoms with E-state index >= 15 is 0 Å². The molecule has 2 nitrogen and oxygen atoms in total. The average molecular weight is 269 g/mol. The Morgan fingerprint density at radius 2 is 2.21 bits per heavy atom. The van der Waals surface area contributed by atoms with Gasteiger partial charge in [0.05, 0.1) is 6.10 Å². The third kappa shape index (κ3) is 4.88. The van der Waals surface area contributed by atoms with Crippen molar-refractivity contribution in [3.05, 3.63) is 35.4 Å². The molecule has 4 heteroatoms. The van der Waals surface area contributed by atoms with Crippen LogP contribution in [0.15, 0.2) is 24.3 Å². The van der Waals surface area contributed by atoms with Crippen molar-refractivity contribution in [3.63, 3.8) is 0 Å². The van der Waals surface area contributed by atoms with Crippen LogP contribution in [-0.4, -0.2) is 19.3 Å². The molecule has 106 valence electrons. The molecule has 1 saturated heterocycles. The first-order valence-corrected chi connectivity index (χ1v) is 6.95. The second-order valence-electron chi connectivity index (χ2n) is 5.00. The zero-order valence-corrected chi connectivity index (χ0v) is 11.1. The van der Waals surface area contributed by atoms with Gasteiger partial charge in [0.25, 0.3) is 6.43 Å². The van der Waals surface area contributed by atoms with Crippen molar-refractivity contribution in [1.29, 1.82) is 0 Å². The minimum Gasteiger partial charge on any atom is -0.378 e. The quantitative estimate of drug-likeness (QED) is 0.796. The van der Waals surface area contributed by atoms with Crippen molar-refractivity contribution in [3.8, 4) is 0 Å². The molecule has 2 rings (SSSR count). The summed E-state index contributed by atoms with van der Waals surface area (Å²) < 4.78 is 30.7. The largest absolute Gasteiger partial charge is 0.378 e. The van der Waals surface area contributed by atoms with Crippen molar-refractivity contribution in [1.82, 2.24) is 5.32 Å². The van der Waals surface area contributed by atoms with Gasteiger partial charge >= 0.3 is 0 Å². The summed E-state index contributed by atoms with van der Waals surface area (Å²) in [6.45, 7) is 2.37. The van der Waals surface area contributed by atoms with Gasteiger partial charge in [-0.15, -0.1) is 0 Å². The van der Waals surface area contributed by atoms with Gasteiger partial charge in [0.2, 0.25) is 0 Å². The molecular formula is C15H21F2NO. The molecule has 1 heterocycles. The standard InChI is InChI=1S/C15H21F2NO/c16-15(17)13-5-3-4-12(10-13)11-18-8-7-14-6-1-2-9-19-14/h3-5,10,14-15,18H,1-2,6-9,11H2. The lowest BCUT2D eigenvalue weighted by atomic mass is 10.1. The number of rotatable bonds is 6. The lowest BCUT2D eigenvalue weighted by Gasteiger charge is -2.22. The van der Waals surface area contributed by atoms with Gasteiger partial charge in [-0.05, 0) is 43.9 Å². The number of hydrogen-bond donors (Lipinski definition) is 1. The molecule has 0 spiro atoms. The van der Waals surface area contributed by atoms with Gasteiger partial charge in [0.1, 0.15) is 0 Å². The monoisotopic (exact) mass is 269 g/mol. The molecule has 0 bridgehead atoms. The predicted molar refractivity (Wildman–Crippen MR) is 71.3 cm³/mol. The molecule has 0 aliphatic carbocycles. The van der Waals surface area contributed by atoms with Gasteiger partial charge in [-0.25, -0.2) is 8.78 Å². The fraction of sp³-hybridized carbons (Fsp3) is 0.600. The van der Waals surface area contributed by atoms with E-state index in [1.807, 2.05) is 6.07 Å². The van der Waals surface area contributed by atoms with E-state index in [-0.39, 0.29) is 5.56 Å². The number of hydrogen-bond acceptors (Lipinski definition) is 2. The summed E-state index contributed by atoms with van der Waals surface area (Å²) in [5, 5.41) is 3.29. The van der Waals surface area contributed by atoms with Crippen molar-refractivity contribution in [2.24, 2.45) is 0 Å². The second kappa shape index (κ2) is 7.56. The molecule has 1 aliphatic heterocycles. The number of ether oxygens (including phenoxy) is 1. The molecule has 1 fully saturated rings. The summed E-state index contributed by atoms with van der Waals surface area (Å²) in [5.74, 6) is 0. The SMILES string of the molecule is FC(F)c1cccc(CNCCC2CCCCO2)c1. The van der Waals surface area contributed by atoms with E-state index in [1.54, 1.807) is 12.1 Å². The first-order valence-electron chi connectivity index (χ1n) is 6.95. The highest BCUT2D eigenvalue weighted by molar-refractivity contribution is 5.24.